The SMILES string of the molecule is O=C1CC(C2CCCO2)c2cc(F)ccc2N1. The van der Waals surface area contributed by atoms with Gasteiger partial charge in [-0.05, 0) is 36.6 Å². The van der Waals surface area contributed by atoms with Gasteiger partial charge in [-0.2, -0.15) is 0 Å². The largest absolute Gasteiger partial charge is 0.378 e. The summed E-state index contributed by atoms with van der Waals surface area (Å²) >= 11 is 0. The molecule has 4 heteroatoms. The van der Waals surface area contributed by atoms with E-state index in [1.165, 1.54) is 12.1 Å². The minimum absolute atomic E-state index is 0.00282. The van der Waals surface area contributed by atoms with Crippen molar-refractivity contribution < 1.29 is 13.9 Å². The van der Waals surface area contributed by atoms with Crippen LogP contribution in [-0.4, -0.2) is 18.6 Å². The molecule has 1 aromatic carbocycles. The second kappa shape index (κ2) is 4.11. The number of carbonyl (C=O) groups excluding carboxylic acids is 1. The molecule has 2 aliphatic rings. The van der Waals surface area contributed by atoms with Gasteiger partial charge in [-0.3, -0.25) is 4.79 Å². The predicted molar refractivity (Wildman–Crippen MR) is 61.4 cm³/mol. The van der Waals surface area contributed by atoms with Crippen LogP contribution in [0.25, 0.3) is 0 Å². The van der Waals surface area contributed by atoms with Crippen LogP contribution in [0.1, 0.15) is 30.7 Å². The van der Waals surface area contributed by atoms with Crippen molar-refractivity contribution in [2.45, 2.75) is 31.3 Å². The summed E-state index contributed by atoms with van der Waals surface area (Å²) < 4.78 is 18.9. The summed E-state index contributed by atoms with van der Waals surface area (Å²) in [6.07, 6.45) is 2.42. The highest BCUT2D eigenvalue weighted by Crippen LogP contribution is 2.38. The monoisotopic (exact) mass is 235 g/mol. The van der Waals surface area contributed by atoms with Gasteiger partial charge in [-0.1, -0.05) is 0 Å². The minimum atomic E-state index is -0.261. The lowest BCUT2D eigenvalue weighted by Gasteiger charge is -2.29. The molecule has 2 aliphatic heterocycles. The summed E-state index contributed by atoms with van der Waals surface area (Å²) in [7, 11) is 0. The van der Waals surface area contributed by atoms with E-state index in [1.807, 2.05) is 0 Å². The Balaban J connectivity index is 1.99. The number of hydrogen-bond acceptors (Lipinski definition) is 2. The van der Waals surface area contributed by atoms with E-state index in [-0.39, 0.29) is 23.7 Å². The van der Waals surface area contributed by atoms with Crippen LogP contribution < -0.4 is 5.32 Å². The van der Waals surface area contributed by atoms with Gasteiger partial charge >= 0.3 is 0 Å². The maximum Gasteiger partial charge on any atom is 0.225 e. The molecule has 2 unspecified atom stereocenters. The van der Waals surface area contributed by atoms with E-state index in [0.717, 1.165) is 30.7 Å². The van der Waals surface area contributed by atoms with Crippen molar-refractivity contribution in [3.05, 3.63) is 29.6 Å². The van der Waals surface area contributed by atoms with Crippen molar-refractivity contribution in [1.82, 2.24) is 0 Å². The average molecular weight is 235 g/mol. The molecular formula is C13H14FNO2. The minimum Gasteiger partial charge on any atom is -0.378 e. The van der Waals surface area contributed by atoms with E-state index >= 15 is 0 Å². The summed E-state index contributed by atoms with van der Waals surface area (Å²) in [5, 5.41) is 2.78. The Morgan fingerprint density at radius 3 is 3.06 bits per heavy atom. The Labute approximate surface area is 99.0 Å². The molecule has 3 nitrogen and oxygen atoms in total. The number of anilines is 1. The third-order valence-corrected chi connectivity index (χ3v) is 3.51. The van der Waals surface area contributed by atoms with Gasteiger partial charge in [0.1, 0.15) is 5.82 Å². The van der Waals surface area contributed by atoms with Gasteiger partial charge in [0.25, 0.3) is 0 Å². The maximum atomic E-state index is 13.3. The molecule has 90 valence electrons. The number of ether oxygens (including phenoxy) is 1. The third-order valence-electron chi connectivity index (χ3n) is 3.51. The van der Waals surface area contributed by atoms with Crippen molar-refractivity contribution in [3.63, 3.8) is 0 Å². The Kier molecular flexibility index (Phi) is 2.59. The molecule has 3 rings (SSSR count). The smallest absolute Gasteiger partial charge is 0.225 e. The first kappa shape index (κ1) is 10.7. The normalized spacial score (nSPS) is 27.7. The number of nitrogens with one attached hydrogen (secondary N) is 1. The number of benzene rings is 1. The summed E-state index contributed by atoms with van der Waals surface area (Å²) in [6, 6.07) is 4.52. The van der Waals surface area contributed by atoms with E-state index in [1.54, 1.807) is 6.07 Å². The van der Waals surface area contributed by atoms with Gasteiger partial charge in [0.15, 0.2) is 0 Å². The van der Waals surface area contributed by atoms with Crippen LogP contribution in [0.4, 0.5) is 10.1 Å². The zero-order chi connectivity index (χ0) is 11.8. The van der Waals surface area contributed by atoms with Gasteiger partial charge in [0.05, 0.1) is 6.10 Å². The van der Waals surface area contributed by atoms with Crippen LogP contribution in [0.5, 0.6) is 0 Å². The van der Waals surface area contributed by atoms with E-state index < -0.39 is 0 Å². The summed E-state index contributed by atoms with van der Waals surface area (Å²) in [5.41, 5.74) is 1.60. The van der Waals surface area contributed by atoms with Crippen LogP contribution >= 0.6 is 0 Å². The van der Waals surface area contributed by atoms with E-state index in [9.17, 15) is 9.18 Å². The van der Waals surface area contributed by atoms with E-state index in [2.05, 4.69) is 5.32 Å². The molecule has 1 fully saturated rings. The first-order valence-corrected chi connectivity index (χ1v) is 5.95. The molecule has 0 bridgehead atoms. The number of fused-ring (bicyclic) bond motifs is 1. The third kappa shape index (κ3) is 1.93. The molecule has 1 amide bonds. The quantitative estimate of drug-likeness (QED) is 0.811. The number of carbonyl (C=O) groups is 1. The summed E-state index contributed by atoms with van der Waals surface area (Å²) in [5.74, 6) is -0.274. The van der Waals surface area contributed by atoms with E-state index in [0.29, 0.717) is 6.42 Å². The molecule has 2 atom stereocenters. The standard InChI is InChI=1S/C13H14FNO2/c14-8-3-4-11-9(6-8)10(7-13(16)15-11)12-2-1-5-17-12/h3-4,6,10,12H,1-2,5,7H2,(H,15,16). The molecule has 0 radical (unpaired) electrons. The van der Waals surface area contributed by atoms with Crippen molar-refractivity contribution in [2.75, 3.05) is 11.9 Å². The molecule has 1 N–H and O–H groups in total. The average Bonchev–Trinajstić information content (AvgIpc) is 2.82. The lowest BCUT2D eigenvalue weighted by molar-refractivity contribution is -0.117. The van der Waals surface area contributed by atoms with Crippen molar-refractivity contribution in [1.29, 1.82) is 0 Å². The zero-order valence-corrected chi connectivity index (χ0v) is 9.41. The molecule has 1 saturated heterocycles. The molecule has 17 heavy (non-hydrogen) atoms. The van der Waals surface area contributed by atoms with Gasteiger partial charge in [-0.15, -0.1) is 0 Å². The fourth-order valence-electron chi connectivity index (χ4n) is 2.72. The number of hydrogen-bond donors (Lipinski definition) is 1. The van der Waals surface area contributed by atoms with Crippen LogP contribution in [-0.2, 0) is 9.53 Å². The number of halogens is 1. The van der Waals surface area contributed by atoms with Crippen LogP contribution in [0.3, 0.4) is 0 Å². The molecule has 0 aliphatic carbocycles. The van der Waals surface area contributed by atoms with Gasteiger partial charge in [0.2, 0.25) is 5.91 Å². The molecule has 1 aromatic rings. The van der Waals surface area contributed by atoms with Crippen LogP contribution in [0.15, 0.2) is 18.2 Å². The summed E-state index contributed by atoms with van der Waals surface area (Å²) in [4.78, 5) is 11.6. The highest BCUT2D eigenvalue weighted by molar-refractivity contribution is 5.94. The Morgan fingerprint density at radius 1 is 1.41 bits per heavy atom. The molecule has 2 heterocycles. The van der Waals surface area contributed by atoms with Crippen molar-refractivity contribution in [2.24, 2.45) is 0 Å². The Hall–Kier alpha value is -1.42. The number of amides is 1. The highest BCUT2D eigenvalue weighted by Gasteiger charge is 2.34. The maximum absolute atomic E-state index is 13.3. The van der Waals surface area contributed by atoms with Gasteiger partial charge in [0, 0.05) is 24.6 Å². The lowest BCUT2D eigenvalue weighted by atomic mass is 9.85. The zero-order valence-electron chi connectivity index (χ0n) is 9.41. The molecule has 0 spiro atoms. The van der Waals surface area contributed by atoms with Crippen LogP contribution in [0.2, 0.25) is 0 Å². The fourth-order valence-corrected chi connectivity index (χ4v) is 2.72. The summed E-state index contributed by atoms with van der Waals surface area (Å²) in [6.45, 7) is 0.743. The lowest BCUT2D eigenvalue weighted by Crippen LogP contribution is -2.29. The highest BCUT2D eigenvalue weighted by atomic mass is 19.1. The predicted octanol–water partition coefficient (Wildman–Crippen LogP) is 2.43. The first-order valence-electron chi connectivity index (χ1n) is 5.95. The topological polar surface area (TPSA) is 38.3 Å². The molecular weight excluding hydrogens is 221 g/mol. The number of rotatable bonds is 1. The van der Waals surface area contributed by atoms with Crippen molar-refractivity contribution in [3.8, 4) is 0 Å². The Morgan fingerprint density at radius 2 is 2.29 bits per heavy atom. The van der Waals surface area contributed by atoms with Gasteiger partial charge < -0.3 is 10.1 Å². The molecule has 0 saturated carbocycles. The van der Waals surface area contributed by atoms with Crippen LogP contribution in [0, 0.1) is 5.82 Å². The second-order valence-corrected chi connectivity index (χ2v) is 4.64. The van der Waals surface area contributed by atoms with E-state index in [4.69, 9.17) is 4.74 Å². The van der Waals surface area contributed by atoms with Crippen molar-refractivity contribution >= 4 is 11.6 Å². The second-order valence-electron chi connectivity index (χ2n) is 4.64. The van der Waals surface area contributed by atoms with Gasteiger partial charge in [-0.25, -0.2) is 4.39 Å². The Bertz CT molecular complexity index is 455. The fraction of sp³-hybridized carbons (Fsp3) is 0.462. The first-order chi connectivity index (χ1) is 8.24. The molecule has 0 aromatic heterocycles.